The van der Waals surface area contributed by atoms with E-state index in [-0.39, 0.29) is 0 Å². The van der Waals surface area contributed by atoms with Gasteiger partial charge in [0, 0.05) is 17.1 Å². The van der Waals surface area contributed by atoms with Gasteiger partial charge in [0.2, 0.25) is 0 Å². The van der Waals surface area contributed by atoms with Crippen LogP contribution in [-0.2, 0) is 0 Å². The summed E-state index contributed by atoms with van der Waals surface area (Å²) >= 11 is 3.36. The fourth-order valence-corrected chi connectivity index (χ4v) is 1.57. The van der Waals surface area contributed by atoms with Gasteiger partial charge in [0.05, 0.1) is 0 Å². The molecule has 2 rings (SSSR count). The van der Waals surface area contributed by atoms with Crippen LogP contribution >= 0.6 is 15.9 Å². The molecule has 0 saturated carbocycles. The van der Waals surface area contributed by atoms with Crippen molar-refractivity contribution in [1.29, 1.82) is 0 Å². The number of fused-ring (bicyclic) bond motifs is 1. The van der Waals surface area contributed by atoms with Gasteiger partial charge in [0.1, 0.15) is 10.3 Å². The Morgan fingerprint density at radius 2 is 2.42 bits per heavy atom. The first-order valence-corrected chi connectivity index (χ1v) is 4.36. The Morgan fingerprint density at radius 3 is 3.17 bits per heavy atom. The number of hydrogen-bond donors (Lipinski definition) is 1. The molecule has 0 amide bonds. The van der Waals surface area contributed by atoms with Crippen LogP contribution in [0.3, 0.4) is 0 Å². The number of aromatic amines is 1. The maximum absolute atomic E-state index is 4.30. The Balaban J connectivity index is 2.81. The van der Waals surface area contributed by atoms with Crippen molar-refractivity contribution in [1.82, 2.24) is 9.97 Å². The molecule has 2 nitrogen and oxygen atoms in total. The number of hydrogen-bond acceptors (Lipinski definition) is 1. The van der Waals surface area contributed by atoms with Crippen molar-refractivity contribution in [3.05, 3.63) is 35.1 Å². The van der Waals surface area contributed by atoms with Crippen molar-refractivity contribution in [2.45, 2.75) is 0 Å². The van der Waals surface area contributed by atoms with Crippen LogP contribution in [0.2, 0.25) is 0 Å². The van der Waals surface area contributed by atoms with Crippen LogP contribution in [0.1, 0.15) is 5.56 Å². The van der Waals surface area contributed by atoms with E-state index in [0.29, 0.717) is 0 Å². The minimum Gasteiger partial charge on any atom is -0.346 e. The highest BCUT2D eigenvalue weighted by Crippen LogP contribution is 2.20. The van der Waals surface area contributed by atoms with Gasteiger partial charge in [-0.05, 0) is 28.1 Å². The Morgan fingerprint density at radius 1 is 1.58 bits per heavy atom. The van der Waals surface area contributed by atoms with Crippen LogP contribution in [0.25, 0.3) is 17.1 Å². The first kappa shape index (κ1) is 7.55. The fourth-order valence-electron chi connectivity index (χ4n) is 1.12. The van der Waals surface area contributed by atoms with Gasteiger partial charge < -0.3 is 4.98 Å². The highest BCUT2D eigenvalue weighted by molar-refractivity contribution is 9.10. The summed E-state index contributed by atoms with van der Waals surface area (Å²) in [5.41, 5.74) is 1.91. The zero-order valence-corrected chi connectivity index (χ0v) is 7.93. The van der Waals surface area contributed by atoms with Gasteiger partial charge in [-0.3, -0.25) is 0 Å². The summed E-state index contributed by atoms with van der Waals surface area (Å²) in [5, 5.41) is 1.10. The highest BCUT2D eigenvalue weighted by Gasteiger charge is 2.00. The van der Waals surface area contributed by atoms with Crippen LogP contribution in [0.4, 0.5) is 0 Å². The molecule has 0 unspecified atom stereocenters. The van der Waals surface area contributed by atoms with Crippen molar-refractivity contribution >= 4 is 33.0 Å². The molecule has 2 heterocycles. The maximum Gasteiger partial charge on any atom is 0.138 e. The first-order chi connectivity index (χ1) is 5.81. The summed E-state index contributed by atoms with van der Waals surface area (Å²) < 4.78 is 0.826. The summed E-state index contributed by atoms with van der Waals surface area (Å²) in [5.74, 6) is 0. The lowest BCUT2D eigenvalue weighted by Crippen LogP contribution is -1.82. The molecule has 0 radical (unpaired) electrons. The van der Waals surface area contributed by atoms with E-state index in [1.54, 1.807) is 6.08 Å². The molecule has 1 N–H and O–H groups in total. The van der Waals surface area contributed by atoms with Gasteiger partial charge in [-0.2, -0.15) is 0 Å². The van der Waals surface area contributed by atoms with Crippen molar-refractivity contribution in [2.75, 3.05) is 0 Å². The quantitative estimate of drug-likeness (QED) is 0.739. The van der Waals surface area contributed by atoms with Crippen molar-refractivity contribution in [3.8, 4) is 0 Å². The number of nitrogens with zero attached hydrogens (tertiary/aromatic N) is 1. The molecule has 0 bridgehead atoms. The molecule has 0 spiro atoms. The molecule has 0 saturated heterocycles. The van der Waals surface area contributed by atoms with Gasteiger partial charge in [0.25, 0.3) is 0 Å². The van der Waals surface area contributed by atoms with Gasteiger partial charge >= 0.3 is 0 Å². The Kier molecular flexibility index (Phi) is 1.73. The van der Waals surface area contributed by atoms with Gasteiger partial charge in [-0.15, -0.1) is 0 Å². The lowest BCUT2D eigenvalue weighted by Gasteiger charge is -1.96. The third kappa shape index (κ3) is 1.06. The Hall–Kier alpha value is -1.09. The number of halogens is 1. The average Bonchev–Trinajstić information content (AvgIpc) is 2.49. The molecular formula is C9H7BrN2. The lowest BCUT2D eigenvalue weighted by atomic mass is 10.2. The maximum atomic E-state index is 4.30. The standard InChI is InChI=1S/C9H7BrN2/c1-2-6-5-7-3-4-11-9(7)12-8(6)10/h2-5H,1H2,(H,11,12). The number of pyridine rings is 1. The molecule has 0 aliphatic heterocycles. The van der Waals surface area contributed by atoms with Crippen LogP contribution in [0.5, 0.6) is 0 Å². The van der Waals surface area contributed by atoms with E-state index in [0.717, 1.165) is 21.2 Å². The van der Waals surface area contributed by atoms with E-state index in [2.05, 4.69) is 32.5 Å². The van der Waals surface area contributed by atoms with Crippen LogP contribution in [0, 0.1) is 0 Å². The van der Waals surface area contributed by atoms with Crippen molar-refractivity contribution in [3.63, 3.8) is 0 Å². The predicted molar refractivity (Wildman–Crippen MR) is 53.9 cm³/mol. The smallest absolute Gasteiger partial charge is 0.138 e. The Bertz CT molecular complexity index is 431. The molecule has 0 aromatic carbocycles. The summed E-state index contributed by atoms with van der Waals surface area (Å²) in [4.78, 5) is 7.33. The SMILES string of the molecule is C=Cc1cc2cc[nH]c2nc1Br. The number of rotatable bonds is 1. The van der Waals surface area contributed by atoms with Gasteiger partial charge in [0.15, 0.2) is 0 Å². The third-order valence-electron chi connectivity index (χ3n) is 1.74. The van der Waals surface area contributed by atoms with Gasteiger partial charge in [-0.1, -0.05) is 12.7 Å². The molecule has 60 valence electrons. The summed E-state index contributed by atoms with van der Waals surface area (Å²) in [7, 11) is 0. The lowest BCUT2D eigenvalue weighted by molar-refractivity contribution is 1.28. The summed E-state index contributed by atoms with van der Waals surface area (Å²) in [6.07, 6.45) is 3.65. The minimum absolute atomic E-state index is 0.826. The molecule has 2 aromatic rings. The molecule has 0 atom stereocenters. The molecule has 0 aliphatic rings. The van der Waals surface area contributed by atoms with E-state index < -0.39 is 0 Å². The number of nitrogens with one attached hydrogen (secondary N) is 1. The molecule has 12 heavy (non-hydrogen) atoms. The Labute approximate surface area is 78.4 Å². The third-order valence-corrected chi connectivity index (χ3v) is 2.37. The highest BCUT2D eigenvalue weighted by atomic mass is 79.9. The monoisotopic (exact) mass is 222 g/mol. The normalized spacial score (nSPS) is 10.4. The summed E-state index contributed by atoms with van der Waals surface area (Å²) in [6, 6.07) is 4.03. The summed E-state index contributed by atoms with van der Waals surface area (Å²) in [6.45, 7) is 3.70. The largest absolute Gasteiger partial charge is 0.346 e. The second-order valence-electron chi connectivity index (χ2n) is 2.49. The van der Waals surface area contributed by atoms with E-state index in [1.165, 1.54) is 0 Å². The number of aromatic nitrogens is 2. The van der Waals surface area contributed by atoms with Crippen LogP contribution in [0.15, 0.2) is 29.5 Å². The zero-order chi connectivity index (χ0) is 8.55. The topological polar surface area (TPSA) is 28.7 Å². The molecule has 0 fully saturated rings. The van der Waals surface area contributed by atoms with E-state index in [9.17, 15) is 0 Å². The van der Waals surface area contributed by atoms with E-state index in [4.69, 9.17) is 0 Å². The molecule has 3 heteroatoms. The molecule has 2 aromatic heterocycles. The minimum atomic E-state index is 0.826. The number of H-pyrrole nitrogens is 1. The average molecular weight is 223 g/mol. The van der Waals surface area contributed by atoms with Crippen molar-refractivity contribution < 1.29 is 0 Å². The van der Waals surface area contributed by atoms with E-state index in [1.807, 2.05) is 18.3 Å². The van der Waals surface area contributed by atoms with Gasteiger partial charge in [-0.25, -0.2) is 4.98 Å². The second-order valence-corrected chi connectivity index (χ2v) is 3.24. The van der Waals surface area contributed by atoms with Crippen molar-refractivity contribution in [2.24, 2.45) is 0 Å². The zero-order valence-electron chi connectivity index (χ0n) is 6.34. The van der Waals surface area contributed by atoms with Crippen LogP contribution in [-0.4, -0.2) is 9.97 Å². The first-order valence-electron chi connectivity index (χ1n) is 3.57. The molecule has 0 aliphatic carbocycles. The van der Waals surface area contributed by atoms with Crippen LogP contribution < -0.4 is 0 Å². The predicted octanol–water partition coefficient (Wildman–Crippen LogP) is 2.97. The fraction of sp³-hybridized carbons (Fsp3) is 0. The second kappa shape index (κ2) is 2.75. The molecular weight excluding hydrogens is 216 g/mol. The van der Waals surface area contributed by atoms with E-state index >= 15 is 0 Å².